The Morgan fingerprint density at radius 3 is 2.22 bits per heavy atom. The van der Waals surface area contributed by atoms with E-state index in [4.69, 9.17) is 32.5 Å². The molecule has 1 aromatic rings. The molecule has 0 heterocycles. The van der Waals surface area contributed by atoms with E-state index in [0.717, 1.165) is 0 Å². The molecule has 0 aromatic heterocycles. The lowest BCUT2D eigenvalue weighted by Crippen LogP contribution is -2.37. The summed E-state index contributed by atoms with van der Waals surface area (Å²) in [5.74, 6) is -0.174. The first-order chi connectivity index (χ1) is 10.5. The fourth-order valence-electron chi connectivity index (χ4n) is 1.63. The van der Waals surface area contributed by atoms with E-state index in [0.29, 0.717) is 15.8 Å². The molecule has 1 aromatic carbocycles. The summed E-state index contributed by atoms with van der Waals surface area (Å²) in [6, 6.07) is 3.84. The van der Waals surface area contributed by atoms with Gasteiger partial charge < -0.3 is 9.26 Å². The molecule has 0 bridgehead atoms. The number of ether oxygens (including phenoxy) is 1. The first-order valence-corrected chi connectivity index (χ1v) is 9.72. The van der Waals surface area contributed by atoms with Crippen LogP contribution in [0, 0.1) is 0 Å². The van der Waals surface area contributed by atoms with Crippen molar-refractivity contribution >= 4 is 36.7 Å². The number of hydrogen-bond donors (Lipinski definition) is 1. The standard InChI is InChI=1S/C15H22Cl2NO4P/c1-9(2)21-15(19)11(5)18-23(20,10(3)4)22-12-6-7-13(16)14(17)8-12/h6-11H,1-5H3,(H,18,20)/t11-,23?/m0/s1. The largest absolute Gasteiger partial charge is 0.462 e. The number of halogens is 2. The van der Waals surface area contributed by atoms with Gasteiger partial charge in [-0.1, -0.05) is 37.0 Å². The highest BCUT2D eigenvalue weighted by Crippen LogP contribution is 2.48. The molecule has 1 unspecified atom stereocenters. The first kappa shape index (κ1) is 20.3. The van der Waals surface area contributed by atoms with Gasteiger partial charge in [0.2, 0.25) is 0 Å². The third kappa shape index (κ3) is 6.00. The molecule has 0 fully saturated rings. The fraction of sp³-hybridized carbons (Fsp3) is 0.533. The summed E-state index contributed by atoms with van der Waals surface area (Å²) in [6.45, 7) is 8.56. The van der Waals surface area contributed by atoms with E-state index in [1.807, 2.05) is 0 Å². The van der Waals surface area contributed by atoms with Crippen molar-refractivity contribution in [3.8, 4) is 5.75 Å². The third-order valence-electron chi connectivity index (χ3n) is 2.89. The van der Waals surface area contributed by atoms with Crippen LogP contribution in [0.15, 0.2) is 18.2 Å². The van der Waals surface area contributed by atoms with E-state index < -0.39 is 19.5 Å². The Balaban J connectivity index is 2.92. The summed E-state index contributed by atoms with van der Waals surface area (Å²) in [7, 11) is -3.35. The van der Waals surface area contributed by atoms with Crippen molar-refractivity contribution in [3.05, 3.63) is 28.2 Å². The van der Waals surface area contributed by atoms with Crippen LogP contribution < -0.4 is 9.61 Å². The Bertz CT molecular complexity index is 607. The third-order valence-corrected chi connectivity index (χ3v) is 6.22. The number of hydrogen-bond acceptors (Lipinski definition) is 4. The van der Waals surface area contributed by atoms with Crippen LogP contribution in [0.25, 0.3) is 0 Å². The number of carbonyl (C=O) groups is 1. The molecule has 2 atom stereocenters. The van der Waals surface area contributed by atoms with Gasteiger partial charge in [0.25, 0.3) is 0 Å². The van der Waals surface area contributed by atoms with Crippen molar-refractivity contribution in [3.63, 3.8) is 0 Å². The maximum Gasteiger partial charge on any atom is 0.323 e. The summed E-state index contributed by atoms with van der Waals surface area (Å²) in [4.78, 5) is 11.9. The summed E-state index contributed by atoms with van der Waals surface area (Å²) in [5, 5.41) is 3.44. The summed E-state index contributed by atoms with van der Waals surface area (Å²) in [6.07, 6.45) is -0.249. The first-order valence-electron chi connectivity index (χ1n) is 7.28. The maximum absolute atomic E-state index is 13.1. The molecule has 0 saturated carbocycles. The van der Waals surface area contributed by atoms with E-state index in [2.05, 4.69) is 5.09 Å². The highest BCUT2D eigenvalue weighted by atomic mass is 35.5. The fourth-order valence-corrected chi connectivity index (χ4v) is 3.55. The lowest BCUT2D eigenvalue weighted by atomic mass is 10.3. The quantitative estimate of drug-likeness (QED) is 0.537. The van der Waals surface area contributed by atoms with Crippen LogP contribution >= 0.6 is 30.7 Å². The van der Waals surface area contributed by atoms with Gasteiger partial charge in [-0.15, -0.1) is 0 Å². The van der Waals surface area contributed by atoms with Crippen molar-refractivity contribution in [1.29, 1.82) is 0 Å². The van der Waals surface area contributed by atoms with Gasteiger partial charge in [0.05, 0.1) is 21.8 Å². The lowest BCUT2D eigenvalue weighted by molar-refractivity contribution is -0.149. The Morgan fingerprint density at radius 2 is 1.74 bits per heavy atom. The van der Waals surface area contributed by atoms with Gasteiger partial charge in [-0.25, -0.2) is 5.09 Å². The molecule has 8 heteroatoms. The van der Waals surface area contributed by atoms with Crippen LogP contribution in [-0.2, 0) is 14.1 Å². The van der Waals surface area contributed by atoms with Crippen LogP contribution in [-0.4, -0.2) is 23.8 Å². The molecular formula is C15H22Cl2NO4P. The average molecular weight is 382 g/mol. The summed E-state index contributed by atoms with van der Waals surface area (Å²) >= 11 is 11.8. The molecule has 0 amide bonds. The van der Waals surface area contributed by atoms with Gasteiger partial charge >= 0.3 is 13.5 Å². The van der Waals surface area contributed by atoms with Crippen LogP contribution in [0.5, 0.6) is 5.75 Å². The lowest BCUT2D eigenvalue weighted by Gasteiger charge is -2.26. The second kappa shape index (κ2) is 8.39. The van der Waals surface area contributed by atoms with Crippen molar-refractivity contribution in [2.24, 2.45) is 0 Å². The number of rotatable bonds is 7. The Hall–Kier alpha value is -0.740. The molecule has 0 saturated heterocycles. The van der Waals surface area contributed by atoms with Gasteiger partial charge in [0, 0.05) is 6.07 Å². The highest BCUT2D eigenvalue weighted by molar-refractivity contribution is 7.58. The number of benzene rings is 1. The van der Waals surface area contributed by atoms with Gasteiger partial charge in [-0.3, -0.25) is 9.36 Å². The zero-order chi connectivity index (χ0) is 17.8. The Kier molecular flexibility index (Phi) is 7.40. The highest BCUT2D eigenvalue weighted by Gasteiger charge is 2.34. The molecule has 0 aliphatic heterocycles. The molecule has 0 aliphatic rings. The average Bonchev–Trinajstić information content (AvgIpc) is 2.41. The molecule has 23 heavy (non-hydrogen) atoms. The zero-order valence-corrected chi connectivity index (χ0v) is 16.2. The van der Waals surface area contributed by atoms with Crippen LogP contribution in [0.1, 0.15) is 34.6 Å². The van der Waals surface area contributed by atoms with E-state index in [-0.39, 0.29) is 11.8 Å². The van der Waals surface area contributed by atoms with Crippen LogP contribution in [0.2, 0.25) is 10.0 Å². The summed E-state index contributed by atoms with van der Waals surface area (Å²) in [5.41, 5.74) is -0.355. The van der Waals surface area contributed by atoms with E-state index in [1.165, 1.54) is 6.07 Å². The molecule has 130 valence electrons. The van der Waals surface area contributed by atoms with Crippen LogP contribution in [0.4, 0.5) is 0 Å². The van der Waals surface area contributed by atoms with Crippen molar-refractivity contribution in [2.45, 2.75) is 52.4 Å². The van der Waals surface area contributed by atoms with Crippen molar-refractivity contribution in [1.82, 2.24) is 5.09 Å². The molecule has 5 nitrogen and oxygen atoms in total. The number of esters is 1. The molecule has 0 aliphatic carbocycles. The Morgan fingerprint density at radius 1 is 1.13 bits per heavy atom. The minimum atomic E-state index is -3.35. The SMILES string of the molecule is CC(C)OC(=O)[C@H](C)NP(=O)(Oc1ccc(Cl)c(Cl)c1)C(C)C. The van der Waals surface area contributed by atoms with E-state index in [9.17, 15) is 9.36 Å². The summed E-state index contributed by atoms with van der Waals surface area (Å²) < 4.78 is 23.8. The zero-order valence-electron chi connectivity index (χ0n) is 13.8. The smallest absolute Gasteiger partial charge is 0.323 e. The number of carbonyl (C=O) groups excluding carboxylic acids is 1. The molecule has 1 rings (SSSR count). The van der Waals surface area contributed by atoms with Crippen molar-refractivity contribution in [2.75, 3.05) is 0 Å². The van der Waals surface area contributed by atoms with E-state index >= 15 is 0 Å². The second-order valence-electron chi connectivity index (χ2n) is 5.69. The van der Waals surface area contributed by atoms with Gasteiger partial charge in [0.1, 0.15) is 11.8 Å². The second-order valence-corrected chi connectivity index (χ2v) is 9.18. The van der Waals surface area contributed by atoms with Gasteiger partial charge in [-0.05, 0) is 32.9 Å². The number of nitrogens with one attached hydrogen (secondary N) is 1. The minimum absolute atomic E-state index is 0.249. The van der Waals surface area contributed by atoms with Gasteiger partial charge in [-0.2, -0.15) is 0 Å². The van der Waals surface area contributed by atoms with Gasteiger partial charge in [0.15, 0.2) is 0 Å². The van der Waals surface area contributed by atoms with Crippen LogP contribution in [0.3, 0.4) is 0 Å². The van der Waals surface area contributed by atoms with Crippen molar-refractivity contribution < 1.29 is 18.6 Å². The molecular weight excluding hydrogens is 360 g/mol. The topological polar surface area (TPSA) is 64.6 Å². The molecule has 1 N–H and O–H groups in total. The monoisotopic (exact) mass is 381 g/mol. The predicted octanol–water partition coefficient (Wildman–Crippen LogP) is 4.90. The Labute approximate surface area is 147 Å². The molecule has 0 radical (unpaired) electrons. The minimum Gasteiger partial charge on any atom is -0.462 e. The maximum atomic E-state index is 13.1. The molecule has 0 spiro atoms. The van der Waals surface area contributed by atoms with E-state index in [1.54, 1.807) is 46.8 Å². The predicted molar refractivity (Wildman–Crippen MR) is 93.7 cm³/mol. The normalized spacial score (nSPS) is 15.3.